The predicted molar refractivity (Wildman–Crippen MR) is 76.9 cm³/mol. The van der Waals surface area contributed by atoms with Crippen LogP contribution in [0.1, 0.15) is 6.92 Å². The molecular weight excluding hydrogens is 266 g/mol. The fraction of sp³-hybridized carbons (Fsp3) is 0.667. The van der Waals surface area contributed by atoms with E-state index < -0.39 is 0 Å². The van der Waals surface area contributed by atoms with Crippen LogP contribution < -0.4 is 16.2 Å². The van der Waals surface area contributed by atoms with Gasteiger partial charge in [-0.25, -0.2) is 4.68 Å². The van der Waals surface area contributed by atoms with Crippen molar-refractivity contribution in [1.82, 2.24) is 14.7 Å². The zero-order valence-electron chi connectivity index (χ0n) is 11.3. The van der Waals surface area contributed by atoms with Gasteiger partial charge in [-0.3, -0.25) is 4.79 Å². The normalized spacial score (nSPS) is 20.8. The van der Waals surface area contributed by atoms with Crippen LogP contribution in [0.25, 0.3) is 0 Å². The van der Waals surface area contributed by atoms with Crippen molar-refractivity contribution < 1.29 is 0 Å². The van der Waals surface area contributed by atoms with Crippen molar-refractivity contribution in [3.05, 3.63) is 21.6 Å². The number of rotatable bonds is 3. The first-order valence-electron chi connectivity index (χ1n) is 6.49. The monoisotopic (exact) mass is 285 g/mol. The van der Waals surface area contributed by atoms with E-state index in [4.69, 9.17) is 17.3 Å². The van der Waals surface area contributed by atoms with Crippen molar-refractivity contribution in [3.63, 3.8) is 0 Å². The number of anilines is 1. The molecule has 1 fully saturated rings. The number of aryl methyl sites for hydroxylation is 1. The molecule has 1 unspecified atom stereocenters. The van der Waals surface area contributed by atoms with Gasteiger partial charge in [0.15, 0.2) is 0 Å². The zero-order chi connectivity index (χ0) is 14.0. The van der Waals surface area contributed by atoms with Crippen LogP contribution in [0.2, 0.25) is 5.02 Å². The minimum Gasteiger partial charge on any atom is -0.362 e. The molecule has 0 radical (unpaired) electrons. The number of nitrogens with two attached hydrogens (primary N) is 1. The second kappa shape index (κ2) is 5.90. The number of hydrogen-bond donors (Lipinski definition) is 1. The standard InChI is InChI=1S/C12H20ClN5O/c1-3-18-12(19)11(13)10(7-15-18)17-5-4-16(2)8-9(17)6-14/h7,9H,3-6,8,14H2,1-2H3. The maximum atomic E-state index is 12.0. The highest BCUT2D eigenvalue weighted by atomic mass is 35.5. The summed E-state index contributed by atoms with van der Waals surface area (Å²) in [6.45, 7) is 5.49. The highest BCUT2D eigenvalue weighted by molar-refractivity contribution is 6.33. The van der Waals surface area contributed by atoms with Crippen LogP contribution in [0.5, 0.6) is 0 Å². The molecule has 0 saturated carbocycles. The lowest BCUT2D eigenvalue weighted by atomic mass is 10.1. The highest BCUT2D eigenvalue weighted by Gasteiger charge is 2.27. The summed E-state index contributed by atoms with van der Waals surface area (Å²) < 4.78 is 1.36. The third-order valence-corrected chi connectivity index (χ3v) is 3.89. The van der Waals surface area contributed by atoms with Crippen LogP contribution in [-0.2, 0) is 6.54 Å². The number of aromatic nitrogens is 2. The van der Waals surface area contributed by atoms with E-state index in [1.807, 2.05) is 6.92 Å². The molecule has 6 nitrogen and oxygen atoms in total. The highest BCUT2D eigenvalue weighted by Crippen LogP contribution is 2.24. The molecule has 106 valence electrons. The average Bonchev–Trinajstić information content (AvgIpc) is 2.42. The van der Waals surface area contributed by atoms with E-state index in [2.05, 4.69) is 21.9 Å². The quantitative estimate of drug-likeness (QED) is 0.846. The Morgan fingerprint density at radius 1 is 1.53 bits per heavy atom. The smallest absolute Gasteiger partial charge is 0.287 e. The van der Waals surface area contributed by atoms with E-state index in [1.54, 1.807) is 6.20 Å². The maximum Gasteiger partial charge on any atom is 0.287 e. The largest absolute Gasteiger partial charge is 0.362 e. The summed E-state index contributed by atoms with van der Waals surface area (Å²) in [4.78, 5) is 16.3. The van der Waals surface area contributed by atoms with E-state index in [-0.39, 0.29) is 16.6 Å². The molecule has 2 N–H and O–H groups in total. The fourth-order valence-electron chi connectivity index (χ4n) is 2.41. The van der Waals surface area contributed by atoms with E-state index in [9.17, 15) is 4.79 Å². The summed E-state index contributed by atoms with van der Waals surface area (Å²) >= 11 is 6.20. The Bertz CT molecular complexity index is 503. The lowest BCUT2D eigenvalue weighted by molar-refractivity contribution is 0.269. The van der Waals surface area contributed by atoms with Gasteiger partial charge >= 0.3 is 0 Å². The van der Waals surface area contributed by atoms with Crippen LogP contribution in [0.3, 0.4) is 0 Å². The van der Waals surface area contributed by atoms with Crippen molar-refractivity contribution >= 4 is 17.3 Å². The molecule has 19 heavy (non-hydrogen) atoms. The van der Waals surface area contributed by atoms with Gasteiger partial charge < -0.3 is 15.5 Å². The SMILES string of the molecule is CCn1ncc(N2CCN(C)CC2CN)c(Cl)c1=O. The first kappa shape index (κ1) is 14.3. The van der Waals surface area contributed by atoms with E-state index in [0.29, 0.717) is 18.8 Å². The average molecular weight is 286 g/mol. The minimum absolute atomic E-state index is 0.162. The Balaban J connectivity index is 2.36. The Labute approximate surface area is 117 Å². The summed E-state index contributed by atoms with van der Waals surface area (Å²) in [5.74, 6) is 0. The van der Waals surface area contributed by atoms with Gasteiger partial charge in [-0.05, 0) is 14.0 Å². The molecule has 0 spiro atoms. The molecule has 1 aliphatic heterocycles. The van der Waals surface area contributed by atoms with E-state index >= 15 is 0 Å². The summed E-state index contributed by atoms with van der Waals surface area (Å²) in [5, 5.41) is 4.38. The lowest BCUT2D eigenvalue weighted by Gasteiger charge is -2.41. The molecule has 1 aromatic heterocycles. The molecule has 0 aromatic carbocycles. The number of hydrogen-bond acceptors (Lipinski definition) is 5. The number of likely N-dealkylation sites (N-methyl/N-ethyl adjacent to an activating group) is 1. The van der Waals surface area contributed by atoms with Crippen LogP contribution in [0.15, 0.2) is 11.0 Å². The van der Waals surface area contributed by atoms with Crippen molar-refractivity contribution in [1.29, 1.82) is 0 Å². The van der Waals surface area contributed by atoms with Gasteiger partial charge in [-0.1, -0.05) is 11.6 Å². The molecule has 7 heteroatoms. The maximum absolute atomic E-state index is 12.0. The van der Waals surface area contributed by atoms with E-state index in [0.717, 1.165) is 19.6 Å². The van der Waals surface area contributed by atoms with Gasteiger partial charge in [-0.15, -0.1) is 0 Å². The van der Waals surface area contributed by atoms with Gasteiger partial charge in [0, 0.05) is 32.7 Å². The molecular formula is C12H20ClN5O. The van der Waals surface area contributed by atoms with Crippen molar-refractivity contribution in [2.45, 2.75) is 19.5 Å². The summed E-state index contributed by atoms with van der Waals surface area (Å²) in [6, 6.07) is 0.162. The van der Waals surface area contributed by atoms with Gasteiger partial charge in [0.25, 0.3) is 5.56 Å². The first-order valence-corrected chi connectivity index (χ1v) is 6.87. The molecule has 1 saturated heterocycles. The van der Waals surface area contributed by atoms with Crippen LogP contribution >= 0.6 is 11.6 Å². The van der Waals surface area contributed by atoms with Gasteiger partial charge in [0.2, 0.25) is 0 Å². The third kappa shape index (κ3) is 2.75. The molecule has 0 aliphatic carbocycles. The molecule has 2 rings (SSSR count). The summed E-state index contributed by atoms with van der Waals surface area (Å²) in [5.41, 5.74) is 6.28. The van der Waals surface area contributed by atoms with Crippen molar-refractivity contribution in [3.8, 4) is 0 Å². The van der Waals surface area contributed by atoms with Gasteiger partial charge in [-0.2, -0.15) is 5.10 Å². The van der Waals surface area contributed by atoms with Crippen LogP contribution in [0, 0.1) is 0 Å². The molecule has 0 amide bonds. The number of halogens is 1. The molecule has 1 atom stereocenters. The van der Waals surface area contributed by atoms with Gasteiger partial charge in [0.05, 0.1) is 17.9 Å². The van der Waals surface area contributed by atoms with Crippen LogP contribution in [0.4, 0.5) is 5.69 Å². The van der Waals surface area contributed by atoms with Crippen molar-refractivity contribution in [2.75, 3.05) is 38.1 Å². The van der Waals surface area contributed by atoms with Gasteiger partial charge in [0.1, 0.15) is 5.02 Å². The lowest BCUT2D eigenvalue weighted by Crippen LogP contribution is -2.55. The Morgan fingerprint density at radius 2 is 2.26 bits per heavy atom. The Hall–Kier alpha value is -1.11. The summed E-state index contributed by atoms with van der Waals surface area (Å²) in [7, 11) is 2.06. The van der Waals surface area contributed by atoms with Crippen LogP contribution in [-0.4, -0.2) is 53.9 Å². The third-order valence-electron chi connectivity index (χ3n) is 3.53. The molecule has 1 aromatic rings. The molecule has 1 aliphatic rings. The second-order valence-corrected chi connectivity index (χ2v) is 5.19. The predicted octanol–water partition coefficient (Wildman–Crippen LogP) is -0.00430. The second-order valence-electron chi connectivity index (χ2n) is 4.81. The molecule has 2 heterocycles. The van der Waals surface area contributed by atoms with Crippen molar-refractivity contribution in [2.24, 2.45) is 5.73 Å². The number of nitrogens with zero attached hydrogens (tertiary/aromatic N) is 4. The zero-order valence-corrected chi connectivity index (χ0v) is 12.1. The first-order chi connectivity index (χ1) is 9.08. The molecule has 0 bridgehead atoms. The topological polar surface area (TPSA) is 67.4 Å². The number of piperazine rings is 1. The summed E-state index contributed by atoms with van der Waals surface area (Å²) in [6.07, 6.45) is 1.67. The van der Waals surface area contributed by atoms with E-state index in [1.165, 1.54) is 4.68 Å². The Morgan fingerprint density at radius 3 is 2.89 bits per heavy atom. The Kier molecular flexibility index (Phi) is 4.44. The fourth-order valence-corrected chi connectivity index (χ4v) is 2.67. The minimum atomic E-state index is -0.239.